The van der Waals surface area contributed by atoms with Gasteiger partial charge in [0, 0.05) is 5.56 Å². The number of nitrogens with zero attached hydrogens (tertiary/aromatic N) is 2. The van der Waals surface area contributed by atoms with Gasteiger partial charge in [0.1, 0.15) is 6.07 Å². The van der Waals surface area contributed by atoms with E-state index in [0.29, 0.717) is 11.3 Å². The Labute approximate surface area is 117 Å². The van der Waals surface area contributed by atoms with Crippen molar-refractivity contribution in [2.75, 3.05) is 7.11 Å². The van der Waals surface area contributed by atoms with E-state index in [-0.39, 0.29) is 0 Å². The summed E-state index contributed by atoms with van der Waals surface area (Å²) in [5.74, 6) is 0.497. The summed E-state index contributed by atoms with van der Waals surface area (Å²) in [6, 6.07) is 18.1. The highest BCUT2D eigenvalue weighted by Gasteiger charge is 2.09. The predicted molar refractivity (Wildman–Crippen MR) is 78.4 cm³/mol. The lowest BCUT2D eigenvalue weighted by Gasteiger charge is -2.08. The van der Waals surface area contributed by atoms with Crippen LogP contribution in [0.25, 0.3) is 22.0 Å². The topological polar surface area (TPSA) is 45.9 Å². The minimum atomic E-state index is 0.491. The van der Waals surface area contributed by atoms with Crippen molar-refractivity contribution in [2.24, 2.45) is 0 Å². The lowest BCUT2D eigenvalue weighted by molar-refractivity contribution is 0.411. The number of hydrogen-bond acceptors (Lipinski definition) is 3. The molecule has 0 saturated heterocycles. The van der Waals surface area contributed by atoms with Gasteiger partial charge < -0.3 is 4.74 Å². The number of methoxy groups -OCH3 is 1. The van der Waals surface area contributed by atoms with E-state index in [4.69, 9.17) is 4.74 Å². The van der Waals surface area contributed by atoms with Crippen LogP contribution in [-0.2, 0) is 0 Å². The summed E-state index contributed by atoms with van der Waals surface area (Å²) in [6.45, 7) is 0. The molecule has 96 valence electrons. The molecule has 1 aromatic heterocycles. The summed E-state index contributed by atoms with van der Waals surface area (Å²) in [4.78, 5) is 4.40. The molecule has 0 fully saturated rings. The van der Waals surface area contributed by atoms with Gasteiger partial charge in [0.05, 0.1) is 24.6 Å². The predicted octanol–water partition coefficient (Wildman–Crippen LogP) is 3.78. The lowest BCUT2D eigenvalue weighted by Crippen LogP contribution is -1.92. The first-order valence-electron chi connectivity index (χ1n) is 6.26. The average molecular weight is 260 g/mol. The van der Waals surface area contributed by atoms with Gasteiger partial charge in [0.25, 0.3) is 0 Å². The number of aromatic nitrogens is 1. The Hall–Kier alpha value is -2.86. The van der Waals surface area contributed by atoms with Crippen LogP contribution >= 0.6 is 0 Å². The Morgan fingerprint density at radius 3 is 2.70 bits per heavy atom. The number of hydrogen-bond donors (Lipinski definition) is 0. The Balaban J connectivity index is 2.24. The number of ether oxygens (including phenoxy) is 1. The summed E-state index contributed by atoms with van der Waals surface area (Å²) in [5.41, 5.74) is 2.28. The van der Waals surface area contributed by atoms with Crippen LogP contribution in [0.1, 0.15) is 5.56 Å². The summed E-state index contributed by atoms with van der Waals surface area (Å²) in [7, 11) is 1.54. The van der Waals surface area contributed by atoms with Gasteiger partial charge >= 0.3 is 0 Å². The molecule has 0 spiro atoms. The molecule has 20 heavy (non-hydrogen) atoms. The molecule has 0 aliphatic carbocycles. The van der Waals surface area contributed by atoms with Gasteiger partial charge in [-0.2, -0.15) is 5.26 Å². The first-order chi connectivity index (χ1) is 9.83. The minimum absolute atomic E-state index is 0.491. The van der Waals surface area contributed by atoms with Crippen molar-refractivity contribution in [3.05, 3.63) is 60.3 Å². The number of rotatable bonds is 2. The first kappa shape index (κ1) is 12.2. The van der Waals surface area contributed by atoms with Crippen LogP contribution in [0.2, 0.25) is 0 Å². The molecule has 3 aromatic rings. The molecule has 0 N–H and O–H groups in total. The van der Waals surface area contributed by atoms with Crippen molar-refractivity contribution in [3.63, 3.8) is 0 Å². The van der Waals surface area contributed by atoms with Crippen molar-refractivity contribution in [2.45, 2.75) is 0 Å². The van der Waals surface area contributed by atoms with Crippen molar-refractivity contribution in [3.8, 4) is 23.1 Å². The number of pyridine rings is 1. The monoisotopic (exact) mass is 260 g/mol. The number of nitriles is 1. The fraction of sp³-hybridized carbons (Fsp3) is 0.0588. The van der Waals surface area contributed by atoms with E-state index < -0.39 is 0 Å². The zero-order chi connectivity index (χ0) is 13.9. The Morgan fingerprint density at radius 2 is 1.90 bits per heavy atom. The third-order valence-electron chi connectivity index (χ3n) is 3.27. The van der Waals surface area contributed by atoms with E-state index in [1.165, 1.54) is 7.11 Å². The molecule has 0 aliphatic heterocycles. The Kier molecular flexibility index (Phi) is 3.06. The summed E-state index contributed by atoms with van der Waals surface area (Å²) in [5, 5.41) is 11.5. The molecule has 2 aromatic carbocycles. The molecule has 0 aliphatic rings. The molecule has 0 atom stereocenters. The van der Waals surface area contributed by atoms with Crippen LogP contribution in [0.5, 0.6) is 5.75 Å². The van der Waals surface area contributed by atoms with Gasteiger partial charge in [0.2, 0.25) is 0 Å². The Bertz CT molecular complexity index is 813. The van der Waals surface area contributed by atoms with Crippen LogP contribution in [0.4, 0.5) is 0 Å². The lowest BCUT2D eigenvalue weighted by atomic mass is 10.0. The van der Waals surface area contributed by atoms with Crippen molar-refractivity contribution < 1.29 is 4.74 Å². The second-order valence-corrected chi connectivity index (χ2v) is 4.41. The number of benzene rings is 2. The molecule has 0 amide bonds. The third kappa shape index (κ3) is 1.98. The zero-order valence-corrected chi connectivity index (χ0v) is 11.0. The molecule has 0 radical (unpaired) electrons. The van der Waals surface area contributed by atoms with Gasteiger partial charge in [-0.3, -0.25) is 4.98 Å². The molecule has 3 nitrogen and oxygen atoms in total. The molecule has 0 bridgehead atoms. The van der Waals surface area contributed by atoms with Gasteiger partial charge in [-0.1, -0.05) is 42.5 Å². The maximum atomic E-state index is 9.18. The van der Waals surface area contributed by atoms with Crippen LogP contribution in [0.3, 0.4) is 0 Å². The van der Waals surface area contributed by atoms with E-state index in [2.05, 4.69) is 29.3 Å². The zero-order valence-electron chi connectivity index (χ0n) is 11.0. The SMILES string of the molecule is COc1cnc(-c2cccc3ccccc23)cc1C#N. The molecular formula is C17H12N2O. The highest BCUT2D eigenvalue weighted by atomic mass is 16.5. The second kappa shape index (κ2) is 5.02. The van der Waals surface area contributed by atoms with E-state index >= 15 is 0 Å². The molecular weight excluding hydrogens is 248 g/mol. The van der Waals surface area contributed by atoms with Gasteiger partial charge in [-0.25, -0.2) is 0 Å². The van der Waals surface area contributed by atoms with Crippen molar-refractivity contribution in [1.29, 1.82) is 5.26 Å². The summed E-state index contributed by atoms with van der Waals surface area (Å²) >= 11 is 0. The average Bonchev–Trinajstić information content (AvgIpc) is 2.53. The van der Waals surface area contributed by atoms with Gasteiger partial charge in [0.15, 0.2) is 5.75 Å². The minimum Gasteiger partial charge on any atom is -0.494 e. The highest BCUT2D eigenvalue weighted by Crippen LogP contribution is 2.29. The van der Waals surface area contributed by atoms with Gasteiger partial charge in [-0.15, -0.1) is 0 Å². The first-order valence-corrected chi connectivity index (χ1v) is 6.26. The third-order valence-corrected chi connectivity index (χ3v) is 3.27. The normalized spacial score (nSPS) is 10.2. The van der Waals surface area contributed by atoms with Gasteiger partial charge in [-0.05, 0) is 16.8 Å². The fourth-order valence-corrected chi connectivity index (χ4v) is 2.29. The van der Waals surface area contributed by atoms with Crippen LogP contribution in [-0.4, -0.2) is 12.1 Å². The summed E-state index contributed by atoms with van der Waals surface area (Å²) < 4.78 is 5.13. The molecule has 3 rings (SSSR count). The quantitative estimate of drug-likeness (QED) is 0.704. The maximum absolute atomic E-state index is 9.18. The standard InChI is InChI=1S/C17H12N2O/c1-20-17-11-19-16(9-13(17)10-18)15-8-4-6-12-5-2-3-7-14(12)15/h2-9,11H,1H3. The van der Waals surface area contributed by atoms with Crippen molar-refractivity contribution in [1.82, 2.24) is 4.98 Å². The summed E-state index contributed by atoms with van der Waals surface area (Å²) in [6.07, 6.45) is 1.59. The second-order valence-electron chi connectivity index (χ2n) is 4.41. The highest BCUT2D eigenvalue weighted by molar-refractivity contribution is 5.95. The number of fused-ring (bicyclic) bond motifs is 1. The largest absolute Gasteiger partial charge is 0.494 e. The van der Waals surface area contributed by atoms with Crippen LogP contribution in [0.15, 0.2) is 54.7 Å². The fourth-order valence-electron chi connectivity index (χ4n) is 2.29. The van der Waals surface area contributed by atoms with E-state index in [1.807, 2.05) is 24.3 Å². The van der Waals surface area contributed by atoms with Crippen LogP contribution in [0, 0.1) is 11.3 Å². The van der Waals surface area contributed by atoms with E-state index in [0.717, 1.165) is 22.0 Å². The van der Waals surface area contributed by atoms with E-state index in [1.54, 1.807) is 12.3 Å². The molecule has 1 heterocycles. The molecule has 0 unspecified atom stereocenters. The smallest absolute Gasteiger partial charge is 0.154 e. The Morgan fingerprint density at radius 1 is 1.10 bits per heavy atom. The van der Waals surface area contributed by atoms with Crippen LogP contribution < -0.4 is 4.74 Å². The van der Waals surface area contributed by atoms with E-state index in [9.17, 15) is 5.26 Å². The van der Waals surface area contributed by atoms with Crippen molar-refractivity contribution >= 4 is 10.8 Å². The molecule has 0 saturated carbocycles. The maximum Gasteiger partial charge on any atom is 0.154 e. The molecule has 3 heteroatoms.